The van der Waals surface area contributed by atoms with Crippen molar-refractivity contribution in [3.8, 4) is 0 Å². The van der Waals surface area contributed by atoms with Gasteiger partial charge < -0.3 is 15.3 Å². The van der Waals surface area contributed by atoms with Crippen LogP contribution in [0.3, 0.4) is 0 Å². The number of likely N-dealkylation sites (N-methyl/N-ethyl adjacent to an activating group) is 1. The zero-order valence-electron chi connectivity index (χ0n) is 10.3. The quantitative estimate of drug-likeness (QED) is 0.768. The maximum absolute atomic E-state index is 8.82. The first-order chi connectivity index (χ1) is 7.63. The third-order valence-corrected chi connectivity index (χ3v) is 2.32. The summed E-state index contributed by atoms with van der Waals surface area (Å²) in [6, 6.07) is 3.97. The van der Waals surface area contributed by atoms with Crippen molar-refractivity contribution >= 4 is 11.5 Å². The molecule has 0 atom stereocenters. The lowest BCUT2D eigenvalue weighted by atomic mass is 10.2. The van der Waals surface area contributed by atoms with Crippen LogP contribution in [0.15, 0.2) is 18.3 Å². The average Bonchev–Trinajstić information content (AvgIpc) is 2.27. The van der Waals surface area contributed by atoms with Gasteiger partial charge in [-0.05, 0) is 18.1 Å². The van der Waals surface area contributed by atoms with Crippen molar-refractivity contribution in [2.45, 2.75) is 13.8 Å². The summed E-state index contributed by atoms with van der Waals surface area (Å²) in [6.07, 6.45) is 1.82. The number of nitrogens with one attached hydrogen (secondary N) is 1. The molecule has 1 heterocycles. The van der Waals surface area contributed by atoms with E-state index in [4.69, 9.17) is 5.11 Å². The fraction of sp³-hybridized carbons (Fsp3) is 0.583. The maximum Gasteiger partial charge on any atom is 0.126 e. The predicted octanol–water partition coefficient (Wildman–Crippen LogP) is 1.58. The van der Waals surface area contributed by atoms with E-state index in [0.717, 1.165) is 18.1 Å². The number of aliphatic hydroxyl groups is 1. The number of aliphatic hydroxyl groups excluding tert-OH is 1. The number of nitrogens with zero attached hydrogens (tertiary/aromatic N) is 2. The molecule has 0 spiro atoms. The molecular formula is C12H21N3O. The molecule has 16 heavy (non-hydrogen) atoms. The van der Waals surface area contributed by atoms with Crippen LogP contribution in [-0.2, 0) is 0 Å². The second-order valence-electron chi connectivity index (χ2n) is 4.32. The molecule has 0 bridgehead atoms. The summed E-state index contributed by atoms with van der Waals surface area (Å²) in [7, 11) is 1.94. The van der Waals surface area contributed by atoms with E-state index < -0.39 is 0 Å². The molecule has 0 aliphatic heterocycles. The van der Waals surface area contributed by atoms with Gasteiger partial charge in [0.2, 0.25) is 0 Å². The van der Waals surface area contributed by atoms with E-state index >= 15 is 0 Å². The van der Waals surface area contributed by atoms with Gasteiger partial charge in [-0.2, -0.15) is 0 Å². The molecule has 0 unspecified atom stereocenters. The van der Waals surface area contributed by atoms with Gasteiger partial charge in [0.1, 0.15) is 5.82 Å². The standard InChI is InChI=1S/C12H21N3O/c1-10(2)8-13-12-5-4-11(9-14-12)15(3)6-7-16/h4-5,9-10,16H,6-8H2,1-3H3,(H,13,14). The van der Waals surface area contributed by atoms with Crippen molar-refractivity contribution in [3.63, 3.8) is 0 Å². The van der Waals surface area contributed by atoms with Gasteiger partial charge in [0, 0.05) is 20.1 Å². The summed E-state index contributed by atoms with van der Waals surface area (Å²) >= 11 is 0. The van der Waals surface area contributed by atoms with E-state index in [1.54, 1.807) is 0 Å². The Hall–Kier alpha value is -1.29. The molecule has 0 aliphatic rings. The summed E-state index contributed by atoms with van der Waals surface area (Å²) < 4.78 is 0. The number of hydrogen-bond donors (Lipinski definition) is 2. The normalized spacial score (nSPS) is 10.6. The monoisotopic (exact) mass is 223 g/mol. The van der Waals surface area contributed by atoms with Gasteiger partial charge >= 0.3 is 0 Å². The first-order valence-electron chi connectivity index (χ1n) is 5.65. The van der Waals surface area contributed by atoms with Gasteiger partial charge in [0.15, 0.2) is 0 Å². The lowest BCUT2D eigenvalue weighted by Crippen LogP contribution is -2.21. The minimum absolute atomic E-state index is 0.157. The van der Waals surface area contributed by atoms with Crippen LogP contribution < -0.4 is 10.2 Å². The van der Waals surface area contributed by atoms with Crippen LogP contribution in [0.2, 0.25) is 0 Å². The highest BCUT2D eigenvalue weighted by atomic mass is 16.3. The minimum atomic E-state index is 0.157. The van der Waals surface area contributed by atoms with Crippen LogP contribution in [-0.4, -0.2) is 36.8 Å². The SMILES string of the molecule is CC(C)CNc1ccc(N(C)CCO)cn1. The molecule has 1 rings (SSSR count). The summed E-state index contributed by atoms with van der Waals surface area (Å²) in [5.74, 6) is 1.51. The van der Waals surface area contributed by atoms with E-state index in [9.17, 15) is 0 Å². The summed E-state index contributed by atoms with van der Waals surface area (Å²) in [4.78, 5) is 6.29. The second-order valence-corrected chi connectivity index (χ2v) is 4.32. The number of rotatable bonds is 6. The summed E-state index contributed by atoms with van der Waals surface area (Å²) in [5.41, 5.74) is 1.02. The second kappa shape index (κ2) is 6.33. The largest absolute Gasteiger partial charge is 0.395 e. The van der Waals surface area contributed by atoms with Gasteiger partial charge in [-0.1, -0.05) is 13.8 Å². The Morgan fingerprint density at radius 3 is 2.69 bits per heavy atom. The molecule has 1 aromatic heterocycles. The first-order valence-corrected chi connectivity index (χ1v) is 5.65. The van der Waals surface area contributed by atoms with Crippen LogP contribution in [0.25, 0.3) is 0 Å². The molecule has 1 aromatic rings. The Morgan fingerprint density at radius 1 is 1.44 bits per heavy atom. The minimum Gasteiger partial charge on any atom is -0.395 e. The lowest BCUT2D eigenvalue weighted by molar-refractivity contribution is 0.304. The molecule has 4 heteroatoms. The van der Waals surface area contributed by atoms with Crippen molar-refractivity contribution in [2.24, 2.45) is 5.92 Å². The van der Waals surface area contributed by atoms with Gasteiger partial charge in [-0.3, -0.25) is 0 Å². The molecule has 90 valence electrons. The molecule has 0 amide bonds. The van der Waals surface area contributed by atoms with Gasteiger partial charge in [-0.25, -0.2) is 4.98 Å². The van der Waals surface area contributed by atoms with E-state index in [0.29, 0.717) is 12.5 Å². The molecule has 2 N–H and O–H groups in total. The van der Waals surface area contributed by atoms with Crippen molar-refractivity contribution in [1.29, 1.82) is 0 Å². The van der Waals surface area contributed by atoms with E-state index in [1.165, 1.54) is 0 Å². The molecular weight excluding hydrogens is 202 g/mol. The van der Waals surface area contributed by atoms with Crippen LogP contribution in [0, 0.1) is 5.92 Å². The highest BCUT2D eigenvalue weighted by Crippen LogP contribution is 2.13. The fourth-order valence-electron chi connectivity index (χ4n) is 1.30. The van der Waals surface area contributed by atoms with Crippen molar-refractivity contribution in [1.82, 2.24) is 4.98 Å². The van der Waals surface area contributed by atoms with Crippen LogP contribution in [0.4, 0.5) is 11.5 Å². The van der Waals surface area contributed by atoms with E-state index in [2.05, 4.69) is 24.1 Å². The molecule has 0 radical (unpaired) electrons. The van der Waals surface area contributed by atoms with Crippen LogP contribution >= 0.6 is 0 Å². The first kappa shape index (κ1) is 12.8. The Kier molecular flexibility index (Phi) is 5.05. The van der Waals surface area contributed by atoms with Gasteiger partial charge in [0.05, 0.1) is 18.5 Å². The van der Waals surface area contributed by atoms with Crippen molar-refractivity contribution in [2.75, 3.05) is 37.0 Å². The molecule has 0 fully saturated rings. The summed E-state index contributed by atoms with van der Waals surface area (Å²) in [6.45, 7) is 6.04. The highest BCUT2D eigenvalue weighted by Gasteiger charge is 2.01. The topological polar surface area (TPSA) is 48.4 Å². The predicted molar refractivity (Wildman–Crippen MR) is 67.9 cm³/mol. The number of pyridine rings is 1. The van der Waals surface area contributed by atoms with E-state index in [1.807, 2.05) is 30.3 Å². The van der Waals surface area contributed by atoms with Crippen LogP contribution in [0.5, 0.6) is 0 Å². The maximum atomic E-state index is 8.82. The van der Waals surface area contributed by atoms with E-state index in [-0.39, 0.29) is 6.61 Å². The number of aromatic nitrogens is 1. The molecule has 0 saturated heterocycles. The summed E-state index contributed by atoms with van der Waals surface area (Å²) in [5, 5.41) is 12.1. The average molecular weight is 223 g/mol. The smallest absolute Gasteiger partial charge is 0.126 e. The van der Waals surface area contributed by atoms with Gasteiger partial charge in [0.25, 0.3) is 0 Å². The Balaban J connectivity index is 2.53. The van der Waals surface area contributed by atoms with Crippen molar-refractivity contribution < 1.29 is 5.11 Å². The molecule has 0 aliphatic carbocycles. The third kappa shape index (κ3) is 4.06. The van der Waals surface area contributed by atoms with Crippen molar-refractivity contribution in [3.05, 3.63) is 18.3 Å². The number of hydrogen-bond acceptors (Lipinski definition) is 4. The zero-order valence-corrected chi connectivity index (χ0v) is 10.3. The molecule has 0 aromatic carbocycles. The Bertz CT molecular complexity index is 298. The van der Waals surface area contributed by atoms with Gasteiger partial charge in [-0.15, -0.1) is 0 Å². The Labute approximate surface area is 97.3 Å². The lowest BCUT2D eigenvalue weighted by Gasteiger charge is -2.17. The molecule has 0 saturated carbocycles. The third-order valence-electron chi connectivity index (χ3n) is 2.32. The van der Waals surface area contributed by atoms with Crippen LogP contribution in [0.1, 0.15) is 13.8 Å². The molecule has 4 nitrogen and oxygen atoms in total. The highest BCUT2D eigenvalue weighted by molar-refractivity contribution is 5.48. The fourth-order valence-corrected chi connectivity index (χ4v) is 1.30. The Morgan fingerprint density at radius 2 is 2.19 bits per heavy atom. The zero-order chi connectivity index (χ0) is 12.0. The number of anilines is 2.